The summed E-state index contributed by atoms with van der Waals surface area (Å²) in [6.07, 6.45) is 1.64. The van der Waals surface area contributed by atoms with Crippen molar-refractivity contribution >= 4 is 0 Å². The van der Waals surface area contributed by atoms with Gasteiger partial charge < -0.3 is 10.1 Å². The van der Waals surface area contributed by atoms with Crippen molar-refractivity contribution in [1.82, 2.24) is 5.32 Å². The van der Waals surface area contributed by atoms with Gasteiger partial charge in [-0.15, -0.1) is 0 Å². The first kappa shape index (κ1) is 10.0. The van der Waals surface area contributed by atoms with Crippen LogP contribution in [0.15, 0.2) is 0 Å². The average molecular weight is 171 g/mol. The van der Waals surface area contributed by atoms with Crippen LogP contribution in [0.4, 0.5) is 0 Å². The Labute approximate surface area is 75.7 Å². The van der Waals surface area contributed by atoms with Crippen LogP contribution in [0.3, 0.4) is 0 Å². The van der Waals surface area contributed by atoms with Crippen molar-refractivity contribution in [3.63, 3.8) is 0 Å². The van der Waals surface area contributed by atoms with E-state index in [0.29, 0.717) is 12.0 Å². The van der Waals surface area contributed by atoms with Gasteiger partial charge in [-0.1, -0.05) is 13.8 Å². The van der Waals surface area contributed by atoms with Gasteiger partial charge in [0.25, 0.3) is 0 Å². The van der Waals surface area contributed by atoms with Gasteiger partial charge in [0.05, 0.1) is 6.10 Å². The largest absolute Gasteiger partial charge is 0.378 e. The standard InChI is InChI=1S/C10H21NO/c1-8(2)9(3)12-5-4-10-6-11-7-10/h8-11H,4-7H2,1-3H3. The maximum Gasteiger partial charge on any atom is 0.0569 e. The average Bonchev–Trinajstić information content (AvgIpc) is 1.93. The molecular formula is C10H21NO. The Morgan fingerprint density at radius 1 is 1.33 bits per heavy atom. The molecule has 0 aromatic rings. The molecule has 0 aliphatic carbocycles. The zero-order chi connectivity index (χ0) is 8.97. The van der Waals surface area contributed by atoms with Gasteiger partial charge in [0.15, 0.2) is 0 Å². The highest BCUT2D eigenvalue weighted by Crippen LogP contribution is 2.11. The second-order valence-corrected chi connectivity index (χ2v) is 4.13. The van der Waals surface area contributed by atoms with E-state index in [2.05, 4.69) is 26.1 Å². The van der Waals surface area contributed by atoms with Crippen molar-refractivity contribution < 1.29 is 4.74 Å². The normalized spacial score (nSPS) is 21.0. The minimum atomic E-state index is 0.415. The third-order valence-electron chi connectivity index (χ3n) is 2.71. The molecule has 1 rings (SSSR count). The van der Waals surface area contributed by atoms with Crippen molar-refractivity contribution in [3.8, 4) is 0 Å². The van der Waals surface area contributed by atoms with Crippen molar-refractivity contribution in [1.29, 1.82) is 0 Å². The fourth-order valence-corrected chi connectivity index (χ4v) is 1.17. The van der Waals surface area contributed by atoms with Gasteiger partial charge in [-0.2, -0.15) is 0 Å². The Morgan fingerprint density at radius 3 is 2.42 bits per heavy atom. The molecule has 1 atom stereocenters. The molecule has 0 spiro atoms. The Bertz CT molecular complexity index is 121. The summed E-state index contributed by atoms with van der Waals surface area (Å²) in [6.45, 7) is 9.89. The molecule has 72 valence electrons. The Morgan fingerprint density at radius 2 is 2.00 bits per heavy atom. The van der Waals surface area contributed by atoms with Crippen LogP contribution in [0.1, 0.15) is 27.2 Å². The number of rotatable bonds is 5. The minimum absolute atomic E-state index is 0.415. The molecule has 0 aromatic carbocycles. The van der Waals surface area contributed by atoms with E-state index < -0.39 is 0 Å². The highest BCUT2D eigenvalue weighted by atomic mass is 16.5. The third-order valence-corrected chi connectivity index (χ3v) is 2.71. The lowest BCUT2D eigenvalue weighted by atomic mass is 10.00. The van der Waals surface area contributed by atoms with Gasteiger partial charge >= 0.3 is 0 Å². The van der Waals surface area contributed by atoms with Crippen molar-refractivity contribution in [2.45, 2.75) is 33.3 Å². The predicted molar refractivity (Wildman–Crippen MR) is 51.2 cm³/mol. The Kier molecular flexibility index (Phi) is 4.02. The van der Waals surface area contributed by atoms with E-state index in [-0.39, 0.29) is 0 Å². The lowest BCUT2D eigenvalue weighted by Gasteiger charge is -2.27. The lowest BCUT2D eigenvalue weighted by molar-refractivity contribution is 0.0244. The van der Waals surface area contributed by atoms with E-state index in [0.717, 1.165) is 12.5 Å². The Balaban J connectivity index is 1.93. The zero-order valence-electron chi connectivity index (χ0n) is 8.47. The molecule has 1 N–H and O–H groups in total. The summed E-state index contributed by atoms with van der Waals surface area (Å²) < 4.78 is 5.68. The SMILES string of the molecule is CC(C)C(C)OCCC1CNC1. The first-order valence-corrected chi connectivity index (χ1v) is 5.02. The highest BCUT2D eigenvalue weighted by Gasteiger charge is 2.16. The molecule has 0 saturated carbocycles. The molecule has 1 heterocycles. The van der Waals surface area contributed by atoms with Crippen LogP contribution in [0.2, 0.25) is 0 Å². The molecule has 2 heteroatoms. The number of nitrogens with one attached hydrogen (secondary N) is 1. The lowest BCUT2D eigenvalue weighted by Crippen LogP contribution is -2.42. The molecule has 0 radical (unpaired) electrons. The molecule has 0 bridgehead atoms. The molecular weight excluding hydrogens is 150 g/mol. The third kappa shape index (κ3) is 3.11. The minimum Gasteiger partial charge on any atom is -0.378 e. The van der Waals surface area contributed by atoms with Gasteiger partial charge in [0, 0.05) is 6.61 Å². The topological polar surface area (TPSA) is 21.3 Å². The smallest absolute Gasteiger partial charge is 0.0569 e. The molecule has 0 aromatic heterocycles. The van der Waals surface area contributed by atoms with Crippen molar-refractivity contribution in [3.05, 3.63) is 0 Å². The number of hydrogen-bond acceptors (Lipinski definition) is 2. The fourth-order valence-electron chi connectivity index (χ4n) is 1.17. The van der Waals surface area contributed by atoms with E-state index >= 15 is 0 Å². The van der Waals surface area contributed by atoms with Gasteiger partial charge in [0.1, 0.15) is 0 Å². The van der Waals surface area contributed by atoms with Gasteiger partial charge in [-0.05, 0) is 38.3 Å². The predicted octanol–water partition coefficient (Wildman–Crippen LogP) is 1.66. The van der Waals surface area contributed by atoms with E-state index in [4.69, 9.17) is 4.74 Å². The first-order valence-electron chi connectivity index (χ1n) is 5.02. The van der Waals surface area contributed by atoms with Crippen LogP contribution in [-0.2, 0) is 4.74 Å². The van der Waals surface area contributed by atoms with Crippen molar-refractivity contribution in [2.75, 3.05) is 19.7 Å². The Hall–Kier alpha value is -0.0800. The van der Waals surface area contributed by atoms with E-state index in [1.807, 2.05) is 0 Å². The highest BCUT2D eigenvalue weighted by molar-refractivity contribution is 4.74. The molecule has 12 heavy (non-hydrogen) atoms. The van der Waals surface area contributed by atoms with Crippen molar-refractivity contribution in [2.24, 2.45) is 11.8 Å². The van der Waals surface area contributed by atoms with Crippen LogP contribution < -0.4 is 5.32 Å². The number of hydrogen-bond donors (Lipinski definition) is 1. The molecule has 1 fully saturated rings. The van der Waals surface area contributed by atoms with Crippen LogP contribution in [0.25, 0.3) is 0 Å². The second kappa shape index (κ2) is 4.83. The van der Waals surface area contributed by atoms with Crippen LogP contribution in [0.5, 0.6) is 0 Å². The quantitative estimate of drug-likeness (QED) is 0.679. The molecule has 2 nitrogen and oxygen atoms in total. The fraction of sp³-hybridized carbons (Fsp3) is 1.00. The van der Waals surface area contributed by atoms with E-state index in [9.17, 15) is 0 Å². The summed E-state index contributed by atoms with van der Waals surface area (Å²) in [5, 5.41) is 3.27. The molecule has 1 unspecified atom stereocenters. The maximum absolute atomic E-state index is 5.68. The summed E-state index contributed by atoms with van der Waals surface area (Å²) in [5.74, 6) is 1.52. The number of ether oxygens (including phenoxy) is 1. The summed E-state index contributed by atoms with van der Waals surface area (Å²) in [4.78, 5) is 0. The van der Waals surface area contributed by atoms with Gasteiger partial charge in [-0.3, -0.25) is 0 Å². The molecule has 1 saturated heterocycles. The van der Waals surface area contributed by atoms with Crippen LogP contribution in [0, 0.1) is 11.8 Å². The second-order valence-electron chi connectivity index (χ2n) is 4.13. The molecule has 1 aliphatic heterocycles. The van der Waals surface area contributed by atoms with Crippen LogP contribution in [-0.4, -0.2) is 25.8 Å². The summed E-state index contributed by atoms with van der Waals surface area (Å²) >= 11 is 0. The van der Waals surface area contributed by atoms with Gasteiger partial charge in [-0.25, -0.2) is 0 Å². The van der Waals surface area contributed by atoms with E-state index in [1.54, 1.807) is 0 Å². The zero-order valence-corrected chi connectivity index (χ0v) is 8.47. The maximum atomic E-state index is 5.68. The van der Waals surface area contributed by atoms with E-state index in [1.165, 1.54) is 19.5 Å². The summed E-state index contributed by atoms with van der Waals surface area (Å²) in [7, 11) is 0. The van der Waals surface area contributed by atoms with Gasteiger partial charge in [0.2, 0.25) is 0 Å². The summed E-state index contributed by atoms with van der Waals surface area (Å²) in [5.41, 5.74) is 0. The molecule has 1 aliphatic rings. The first-order chi connectivity index (χ1) is 5.70. The monoisotopic (exact) mass is 171 g/mol. The molecule has 0 amide bonds. The summed E-state index contributed by atoms with van der Waals surface area (Å²) in [6, 6.07) is 0. The van der Waals surface area contributed by atoms with Crippen LogP contribution >= 0.6 is 0 Å².